The van der Waals surface area contributed by atoms with Crippen molar-refractivity contribution in [2.45, 2.75) is 64.6 Å². The summed E-state index contributed by atoms with van der Waals surface area (Å²) in [5, 5.41) is 4.19. The summed E-state index contributed by atoms with van der Waals surface area (Å²) in [5.41, 5.74) is 0.0866. The summed E-state index contributed by atoms with van der Waals surface area (Å²) in [6.07, 6.45) is 4.37. The van der Waals surface area contributed by atoms with Gasteiger partial charge in [-0.3, -0.25) is 0 Å². The number of ether oxygens (including phenoxy) is 2. The Morgan fingerprint density at radius 3 is 2.60 bits per heavy atom. The third-order valence-electron chi connectivity index (χ3n) is 4.19. The van der Waals surface area contributed by atoms with E-state index >= 15 is 0 Å². The Morgan fingerprint density at radius 1 is 1.05 bits per heavy atom. The van der Waals surface area contributed by atoms with Gasteiger partial charge in [0.1, 0.15) is 6.10 Å². The smallest absolute Gasteiger partial charge is 0.255 e. The molecule has 0 aromatic carbocycles. The summed E-state index contributed by atoms with van der Waals surface area (Å²) in [4.78, 5) is 4.60. The van der Waals surface area contributed by atoms with Crippen LogP contribution in [0.3, 0.4) is 0 Å². The molecular formula is C15H24N2O3. The van der Waals surface area contributed by atoms with Crippen molar-refractivity contribution in [1.29, 1.82) is 0 Å². The average Bonchev–Trinajstić information content (AvgIpc) is 3.08. The zero-order valence-corrected chi connectivity index (χ0v) is 12.6. The van der Waals surface area contributed by atoms with Crippen LogP contribution >= 0.6 is 0 Å². The van der Waals surface area contributed by atoms with Gasteiger partial charge in [0.25, 0.3) is 5.89 Å². The maximum atomic E-state index is 5.89. The number of hydrogen-bond donors (Lipinski definition) is 0. The van der Waals surface area contributed by atoms with E-state index in [1.807, 2.05) is 0 Å². The summed E-state index contributed by atoms with van der Waals surface area (Å²) in [7, 11) is 0. The number of hydrogen-bond acceptors (Lipinski definition) is 5. The first-order chi connectivity index (χ1) is 9.55. The van der Waals surface area contributed by atoms with Gasteiger partial charge < -0.3 is 14.0 Å². The number of aromatic nitrogens is 2. The first-order valence-electron chi connectivity index (χ1n) is 7.62. The van der Waals surface area contributed by atoms with Crippen LogP contribution in [0.15, 0.2) is 4.52 Å². The molecule has 3 heterocycles. The van der Waals surface area contributed by atoms with E-state index in [1.165, 1.54) is 6.42 Å². The third-order valence-corrected chi connectivity index (χ3v) is 4.19. The van der Waals surface area contributed by atoms with E-state index in [-0.39, 0.29) is 23.5 Å². The second-order valence-corrected chi connectivity index (χ2v) is 6.90. The summed E-state index contributed by atoms with van der Waals surface area (Å²) in [5.74, 6) is 1.65. The molecule has 0 bridgehead atoms. The highest BCUT2D eigenvalue weighted by molar-refractivity contribution is 5.05. The Labute approximate surface area is 120 Å². The fourth-order valence-electron chi connectivity index (χ4n) is 3.17. The SMILES string of the molecule is CC(C)(C)[C@H]1OCC[C@@H]1c1noc([C@@H]2CCCCO2)n1. The van der Waals surface area contributed by atoms with Crippen molar-refractivity contribution in [3.05, 3.63) is 11.7 Å². The average molecular weight is 280 g/mol. The van der Waals surface area contributed by atoms with Crippen molar-refractivity contribution < 1.29 is 14.0 Å². The van der Waals surface area contributed by atoms with Gasteiger partial charge >= 0.3 is 0 Å². The largest absolute Gasteiger partial charge is 0.377 e. The minimum atomic E-state index is -0.0135. The Hall–Kier alpha value is -0.940. The topological polar surface area (TPSA) is 57.4 Å². The van der Waals surface area contributed by atoms with E-state index in [2.05, 4.69) is 30.9 Å². The standard InChI is InChI=1S/C15H24N2O3/c1-15(2,3)12-10(7-9-19-12)13-16-14(20-17-13)11-6-4-5-8-18-11/h10-12H,4-9H2,1-3H3/t10-,11-,12-/m0/s1. The van der Waals surface area contributed by atoms with Crippen LogP contribution in [-0.2, 0) is 9.47 Å². The van der Waals surface area contributed by atoms with Gasteiger partial charge in [-0.2, -0.15) is 4.98 Å². The minimum Gasteiger partial charge on any atom is -0.377 e. The highest BCUT2D eigenvalue weighted by Gasteiger charge is 2.41. The molecule has 5 heteroatoms. The van der Waals surface area contributed by atoms with Gasteiger partial charge in [-0.25, -0.2) is 0 Å². The third kappa shape index (κ3) is 2.74. The quantitative estimate of drug-likeness (QED) is 0.832. The van der Waals surface area contributed by atoms with Crippen molar-refractivity contribution in [3.63, 3.8) is 0 Å². The highest BCUT2D eigenvalue weighted by atomic mass is 16.5. The monoisotopic (exact) mass is 280 g/mol. The lowest BCUT2D eigenvalue weighted by Crippen LogP contribution is -2.30. The Bertz CT molecular complexity index is 446. The van der Waals surface area contributed by atoms with Gasteiger partial charge in [0.15, 0.2) is 5.82 Å². The maximum absolute atomic E-state index is 5.89. The van der Waals surface area contributed by atoms with E-state index in [1.54, 1.807) is 0 Å². The van der Waals surface area contributed by atoms with Crippen molar-refractivity contribution in [2.24, 2.45) is 5.41 Å². The second kappa shape index (κ2) is 5.45. The van der Waals surface area contributed by atoms with E-state index in [4.69, 9.17) is 14.0 Å². The molecular weight excluding hydrogens is 256 g/mol. The van der Waals surface area contributed by atoms with Gasteiger partial charge in [0, 0.05) is 13.2 Å². The van der Waals surface area contributed by atoms with Gasteiger partial charge in [-0.05, 0) is 31.1 Å². The molecule has 0 N–H and O–H groups in total. The molecule has 3 atom stereocenters. The van der Waals surface area contributed by atoms with E-state index in [9.17, 15) is 0 Å². The fraction of sp³-hybridized carbons (Fsp3) is 0.867. The van der Waals surface area contributed by atoms with Crippen LogP contribution in [0.5, 0.6) is 0 Å². The molecule has 2 fully saturated rings. The van der Waals surface area contributed by atoms with Gasteiger partial charge in [-0.1, -0.05) is 25.9 Å². The van der Waals surface area contributed by atoms with Crippen LogP contribution in [0.1, 0.15) is 70.2 Å². The minimum absolute atomic E-state index is 0.0135. The molecule has 5 nitrogen and oxygen atoms in total. The molecule has 3 rings (SSSR count). The van der Waals surface area contributed by atoms with Crippen LogP contribution < -0.4 is 0 Å². The molecule has 2 saturated heterocycles. The zero-order chi connectivity index (χ0) is 14.2. The summed E-state index contributed by atoms with van der Waals surface area (Å²) >= 11 is 0. The lowest BCUT2D eigenvalue weighted by molar-refractivity contribution is -0.00459. The van der Waals surface area contributed by atoms with Crippen molar-refractivity contribution in [1.82, 2.24) is 10.1 Å². The Morgan fingerprint density at radius 2 is 1.90 bits per heavy atom. The molecule has 2 aliphatic heterocycles. The van der Waals surface area contributed by atoms with Crippen LogP contribution in [0.2, 0.25) is 0 Å². The molecule has 2 aliphatic rings. The van der Waals surface area contributed by atoms with Gasteiger partial charge in [-0.15, -0.1) is 0 Å². The summed E-state index contributed by atoms with van der Waals surface area (Å²) in [6, 6.07) is 0. The van der Waals surface area contributed by atoms with Crippen molar-refractivity contribution >= 4 is 0 Å². The molecule has 0 unspecified atom stereocenters. The van der Waals surface area contributed by atoms with Crippen LogP contribution in [-0.4, -0.2) is 29.5 Å². The predicted octanol–water partition coefficient (Wildman–Crippen LogP) is 3.23. The fourth-order valence-corrected chi connectivity index (χ4v) is 3.17. The zero-order valence-electron chi connectivity index (χ0n) is 12.6. The molecule has 20 heavy (non-hydrogen) atoms. The number of rotatable bonds is 2. The van der Waals surface area contributed by atoms with E-state index < -0.39 is 0 Å². The van der Waals surface area contributed by atoms with Crippen molar-refractivity contribution in [2.75, 3.05) is 13.2 Å². The Balaban J connectivity index is 1.75. The van der Waals surface area contributed by atoms with Crippen LogP contribution in [0.4, 0.5) is 0 Å². The van der Waals surface area contributed by atoms with Crippen LogP contribution in [0, 0.1) is 5.41 Å². The molecule has 0 spiro atoms. The molecule has 0 radical (unpaired) electrons. The maximum Gasteiger partial charge on any atom is 0.255 e. The predicted molar refractivity (Wildman–Crippen MR) is 73.4 cm³/mol. The summed E-state index contributed by atoms with van der Waals surface area (Å²) in [6.45, 7) is 8.15. The highest BCUT2D eigenvalue weighted by Crippen LogP contribution is 2.40. The molecule has 0 aliphatic carbocycles. The first kappa shape index (κ1) is 14.0. The van der Waals surface area contributed by atoms with E-state index in [0.717, 1.165) is 38.3 Å². The molecule has 1 aromatic rings. The van der Waals surface area contributed by atoms with Crippen molar-refractivity contribution in [3.8, 4) is 0 Å². The molecule has 0 amide bonds. The molecule has 112 valence electrons. The van der Waals surface area contributed by atoms with Gasteiger partial charge in [0.2, 0.25) is 0 Å². The second-order valence-electron chi connectivity index (χ2n) is 6.90. The number of nitrogens with zero attached hydrogens (tertiary/aromatic N) is 2. The molecule has 1 aromatic heterocycles. The summed E-state index contributed by atoms with van der Waals surface area (Å²) < 4.78 is 17.0. The van der Waals surface area contributed by atoms with Crippen LogP contribution in [0.25, 0.3) is 0 Å². The lowest BCUT2D eigenvalue weighted by Gasteiger charge is -2.29. The van der Waals surface area contributed by atoms with Gasteiger partial charge in [0.05, 0.1) is 12.0 Å². The first-order valence-corrected chi connectivity index (χ1v) is 7.62. The normalized spacial score (nSPS) is 31.6. The molecule has 0 saturated carbocycles. The van der Waals surface area contributed by atoms with E-state index in [0.29, 0.717) is 5.89 Å². The lowest BCUT2D eigenvalue weighted by atomic mass is 9.81. The Kier molecular flexibility index (Phi) is 3.82.